The summed E-state index contributed by atoms with van der Waals surface area (Å²) in [5, 5.41) is 0. The number of aryl methyl sites for hydroxylation is 2. The molecule has 308 valence electrons. The van der Waals surface area contributed by atoms with Crippen LogP contribution in [0.2, 0.25) is 0 Å². The Balaban J connectivity index is 1.27. The molecule has 0 radical (unpaired) electrons. The molecule has 2 aliphatic carbocycles. The third-order valence-electron chi connectivity index (χ3n) is 15.4. The number of benzene rings is 7. The maximum Gasteiger partial charge on any atom is 0.252 e. The van der Waals surface area contributed by atoms with E-state index in [2.05, 4.69) is 219 Å². The van der Waals surface area contributed by atoms with Crippen molar-refractivity contribution in [2.24, 2.45) is 0 Å². The molecular formula is C59H59BN2. The average molecular weight is 807 g/mol. The molecule has 0 unspecified atom stereocenters. The van der Waals surface area contributed by atoms with E-state index in [4.69, 9.17) is 0 Å². The van der Waals surface area contributed by atoms with Crippen LogP contribution in [-0.4, -0.2) is 6.71 Å². The van der Waals surface area contributed by atoms with Gasteiger partial charge in [-0.15, -0.1) is 0 Å². The van der Waals surface area contributed by atoms with E-state index in [1.165, 1.54) is 125 Å². The van der Waals surface area contributed by atoms with Crippen LogP contribution < -0.4 is 26.2 Å². The smallest absolute Gasteiger partial charge is 0.252 e. The van der Waals surface area contributed by atoms with Crippen LogP contribution in [0.5, 0.6) is 0 Å². The summed E-state index contributed by atoms with van der Waals surface area (Å²) in [4.78, 5) is 5.31. The molecule has 2 aliphatic heterocycles. The van der Waals surface area contributed by atoms with Crippen LogP contribution in [0, 0.1) is 13.8 Å². The first-order valence-corrected chi connectivity index (χ1v) is 22.9. The molecule has 0 amide bonds. The zero-order valence-electron chi connectivity index (χ0n) is 38.6. The Hall–Kier alpha value is -5.80. The highest BCUT2D eigenvalue weighted by Crippen LogP contribution is 2.56. The number of nitrogens with zero attached hydrogens (tertiary/aromatic N) is 2. The van der Waals surface area contributed by atoms with Crippen LogP contribution in [0.25, 0.3) is 22.3 Å². The fourth-order valence-corrected chi connectivity index (χ4v) is 11.8. The van der Waals surface area contributed by atoms with Gasteiger partial charge in [-0.1, -0.05) is 159 Å². The van der Waals surface area contributed by atoms with Gasteiger partial charge in [0, 0.05) is 39.4 Å². The monoisotopic (exact) mass is 806 g/mol. The van der Waals surface area contributed by atoms with Crippen molar-refractivity contribution in [1.29, 1.82) is 0 Å². The summed E-state index contributed by atoms with van der Waals surface area (Å²) in [6.45, 7) is 26.3. The summed E-state index contributed by atoms with van der Waals surface area (Å²) in [6.07, 6.45) is 2.35. The minimum absolute atomic E-state index is 0.0301. The molecule has 7 aromatic rings. The van der Waals surface area contributed by atoms with Gasteiger partial charge in [0.25, 0.3) is 6.71 Å². The summed E-state index contributed by atoms with van der Waals surface area (Å²) in [5.41, 5.74) is 26.7. The van der Waals surface area contributed by atoms with Crippen molar-refractivity contribution in [1.82, 2.24) is 0 Å². The second kappa shape index (κ2) is 13.1. The number of hydrogen-bond donors (Lipinski definition) is 0. The van der Waals surface area contributed by atoms with Crippen LogP contribution >= 0.6 is 0 Å². The first kappa shape index (κ1) is 39.1. The van der Waals surface area contributed by atoms with Crippen LogP contribution in [0.4, 0.5) is 34.1 Å². The molecule has 0 aromatic heterocycles. The van der Waals surface area contributed by atoms with Gasteiger partial charge >= 0.3 is 0 Å². The number of anilines is 6. The van der Waals surface area contributed by atoms with Crippen molar-refractivity contribution in [2.45, 2.75) is 111 Å². The molecule has 7 aromatic carbocycles. The maximum absolute atomic E-state index is 2.67. The molecule has 62 heavy (non-hydrogen) atoms. The van der Waals surface area contributed by atoms with Crippen LogP contribution in [-0.2, 0) is 21.7 Å². The molecule has 3 heteroatoms. The minimum Gasteiger partial charge on any atom is -0.311 e. The topological polar surface area (TPSA) is 6.48 Å². The lowest BCUT2D eigenvalue weighted by molar-refractivity contribution is 0.332. The minimum atomic E-state index is -0.113. The third-order valence-corrected chi connectivity index (χ3v) is 15.4. The summed E-state index contributed by atoms with van der Waals surface area (Å²) < 4.78 is 0. The quantitative estimate of drug-likeness (QED) is 0.164. The van der Waals surface area contributed by atoms with E-state index in [9.17, 15) is 0 Å². The van der Waals surface area contributed by atoms with E-state index in [1.807, 2.05) is 0 Å². The fraction of sp³-hybridized carbons (Fsp3) is 0.288. The highest BCUT2D eigenvalue weighted by molar-refractivity contribution is 7.00. The zero-order valence-corrected chi connectivity index (χ0v) is 38.6. The SMILES string of the molecule is Cc1cc2c3c(c1)N(c1cccc4c1-c1ccccc1C4(C)C)c1ccc(-c4ccccc4)cc1B3c1cc3c(cc1N2c1ccc(C(C)(C)C)cc1C)C(C)(C)CCC3(C)C. The normalized spacial score (nSPS) is 17.1. The van der Waals surface area contributed by atoms with Crippen molar-refractivity contribution in [2.75, 3.05) is 9.80 Å². The second-order valence-electron chi connectivity index (χ2n) is 21.8. The van der Waals surface area contributed by atoms with Gasteiger partial charge < -0.3 is 9.80 Å². The Kier molecular flexibility index (Phi) is 8.27. The zero-order chi connectivity index (χ0) is 43.2. The Morgan fingerprint density at radius 1 is 0.484 bits per heavy atom. The van der Waals surface area contributed by atoms with Gasteiger partial charge in [0.2, 0.25) is 0 Å². The first-order valence-electron chi connectivity index (χ1n) is 22.9. The van der Waals surface area contributed by atoms with E-state index in [-0.39, 0.29) is 28.4 Å². The van der Waals surface area contributed by atoms with Gasteiger partial charge in [-0.2, -0.15) is 0 Å². The Labute approximate surface area is 370 Å². The van der Waals surface area contributed by atoms with Crippen molar-refractivity contribution in [3.05, 3.63) is 172 Å². The maximum atomic E-state index is 2.67. The Morgan fingerprint density at radius 2 is 1.10 bits per heavy atom. The molecule has 0 N–H and O–H groups in total. The van der Waals surface area contributed by atoms with Crippen LogP contribution in [0.15, 0.2) is 133 Å². The summed E-state index contributed by atoms with van der Waals surface area (Å²) in [6, 6.07) is 51.9. The Bertz CT molecular complexity index is 3010. The molecule has 2 heterocycles. The second-order valence-corrected chi connectivity index (χ2v) is 21.8. The van der Waals surface area contributed by atoms with Crippen molar-refractivity contribution in [3.63, 3.8) is 0 Å². The predicted octanol–water partition coefficient (Wildman–Crippen LogP) is 14.0. The van der Waals surface area contributed by atoms with Crippen LogP contribution in [0.3, 0.4) is 0 Å². The third kappa shape index (κ3) is 5.55. The lowest BCUT2D eigenvalue weighted by Crippen LogP contribution is -2.62. The van der Waals surface area contributed by atoms with Crippen LogP contribution in [0.1, 0.15) is 114 Å². The first-order chi connectivity index (χ1) is 29.5. The van der Waals surface area contributed by atoms with Gasteiger partial charge in [0.1, 0.15) is 0 Å². The van der Waals surface area contributed by atoms with Crippen molar-refractivity contribution < 1.29 is 0 Å². The van der Waals surface area contributed by atoms with Gasteiger partial charge in [-0.05, 0) is 151 Å². The predicted molar refractivity (Wildman–Crippen MR) is 267 cm³/mol. The van der Waals surface area contributed by atoms with Crippen molar-refractivity contribution in [3.8, 4) is 22.3 Å². The van der Waals surface area contributed by atoms with E-state index in [0.29, 0.717) is 0 Å². The van der Waals surface area contributed by atoms with E-state index in [1.54, 1.807) is 0 Å². The molecule has 0 bridgehead atoms. The molecule has 0 saturated carbocycles. The van der Waals surface area contributed by atoms with Gasteiger partial charge in [-0.3, -0.25) is 0 Å². The number of rotatable bonds is 3. The summed E-state index contributed by atoms with van der Waals surface area (Å²) in [7, 11) is 0. The highest BCUT2D eigenvalue weighted by atomic mass is 15.2. The molecule has 2 nitrogen and oxygen atoms in total. The largest absolute Gasteiger partial charge is 0.311 e. The molecule has 0 atom stereocenters. The van der Waals surface area contributed by atoms with Gasteiger partial charge in [0.15, 0.2) is 0 Å². The summed E-state index contributed by atoms with van der Waals surface area (Å²) >= 11 is 0. The molecule has 0 spiro atoms. The highest BCUT2D eigenvalue weighted by Gasteiger charge is 2.48. The number of fused-ring (bicyclic) bond motifs is 8. The summed E-state index contributed by atoms with van der Waals surface area (Å²) in [5.74, 6) is 0. The molecule has 0 fully saturated rings. The van der Waals surface area contributed by atoms with Gasteiger partial charge in [0.05, 0.1) is 5.69 Å². The molecule has 0 saturated heterocycles. The van der Waals surface area contributed by atoms with Crippen molar-refractivity contribution >= 4 is 57.2 Å². The van der Waals surface area contributed by atoms with Gasteiger partial charge in [-0.25, -0.2) is 0 Å². The fourth-order valence-electron chi connectivity index (χ4n) is 11.8. The average Bonchev–Trinajstić information content (AvgIpc) is 3.48. The lowest BCUT2D eigenvalue weighted by Gasteiger charge is -2.48. The molecular weight excluding hydrogens is 747 g/mol. The Morgan fingerprint density at radius 3 is 1.79 bits per heavy atom. The standard InChI is InChI=1S/C59H59BN2/c1-36-30-52-55-53(31-36)62(50-23-17-22-43-54(50)41-20-15-16-21-42(41)59(43,10)11)49-26-24-39(38-18-13-12-14-19-38)33-46(49)60(55)47-34-44-45(58(8,9)29-28-57(44,6)7)35-51(47)61(52)48-27-25-40(32-37(48)2)56(3,4)5/h12-27,30-35H,28-29H2,1-11H3. The number of hydrogen-bond acceptors (Lipinski definition) is 2. The lowest BCUT2D eigenvalue weighted by atomic mass is 9.33. The van der Waals surface area contributed by atoms with E-state index >= 15 is 0 Å². The van der Waals surface area contributed by atoms with E-state index < -0.39 is 0 Å². The molecule has 4 aliphatic rings. The molecule has 11 rings (SSSR count). The van der Waals surface area contributed by atoms with E-state index in [0.717, 1.165) is 0 Å².